The van der Waals surface area contributed by atoms with E-state index in [-0.39, 0.29) is 36.0 Å². The van der Waals surface area contributed by atoms with Crippen LogP contribution in [0.15, 0.2) is 48.5 Å². The number of carbonyl (C=O) groups is 5. The molecule has 0 saturated carbocycles. The Morgan fingerprint density at radius 1 is 1.00 bits per heavy atom. The topological polar surface area (TPSA) is 167 Å². The Balaban J connectivity index is 0.836. The largest absolute Gasteiger partial charge is 0.385 e. The third-order valence-corrected chi connectivity index (χ3v) is 12.2. The molecule has 2 saturated heterocycles. The Hall–Kier alpha value is -5.96. The molecule has 4 aliphatic rings. The number of rotatable bonds is 10. The number of ketones is 1. The molecule has 1 aliphatic carbocycles. The number of carbonyl (C=O) groups excluding carboxylic acids is 5. The number of amides is 4. The molecule has 8 rings (SSSR count). The van der Waals surface area contributed by atoms with Gasteiger partial charge >= 0.3 is 0 Å². The number of benzene rings is 3. The van der Waals surface area contributed by atoms with E-state index in [1.165, 1.54) is 0 Å². The maximum Gasteiger partial charge on any atom is 0.255 e. The van der Waals surface area contributed by atoms with Crippen molar-refractivity contribution in [2.75, 3.05) is 29.9 Å². The zero-order chi connectivity index (χ0) is 39.3. The van der Waals surface area contributed by atoms with Crippen LogP contribution in [-0.2, 0) is 32.8 Å². The quantitative estimate of drug-likeness (QED) is 0.120. The monoisotopic (exact) mass is 753 g/mol. The predicted molar refractivity (Wildman–Crippen MR) is 213 cm³/mol. The Bertz CT molecular complexity index is 2350. The lowest BCUT2D eigenvalue weighted by atomic mass is 9.70. The SMILES string of the molecule is CCc1cc2c(cc1N1CCC(NC(=O)CCCCNc3cccc4c3CN(C3CCC(=O)NC3=O)C4=O)CC1)C(C)(C)c1[nH]c3cc(C#N)ccc3c1C2=O. The van der Waals surface area contributed by atoms with Crippen molar-refractivity contribution in [1.82, 2.24) is 20.5 Å². The maximum atomic E-state index is 14.1. The van der Waals surface area contributed by atoms with E-state index in [1.54, 1.807) is 17.0 Å². The van der Waals surface area contributed by atoms with Crippen molar-refractivity contribution in [1.29, 1.82) is 5.26 Å². The summed E-state index contributed by atoms with van der Waals surface area (Å²) >= 11 is 0. The first kappa shape index (κ1) is 37.0. The van der Waals surface area contributed by atoms with E-state index in [0.29, 0.717) is 42.6 Å². The maximum absolute atomic E-state index is 14.1. The van der Waals surface area contributed by atoms with Crippen molar-refractivity contribution >= 4 is 51.7 Å². The van der Waals surface area contributed by atoms with Crippen LogP contribution >= 0.6 is 0 Å². The molecule has 0 spiro atoms. The number of aromatic nitrogens is 1. The lowest BCUT2D eigenvalue weighted by molar-refractivity contribution is -0.137. The van der Waals surface area contributed by atoms with Crippen molar-refractivity contribution in [3.05, 3.63) is 93.2 Å². The molecule has 12 nitrogen and oxygen atoms in total. The van der Waals surface area contributed by atoms with Crippen LogP contribution in [0.5, 0.6) is 0 Å². The fraction of sp³-hybridized carbons (Fsp3) is 0.409. The molecule has 4 aromatic rings. The van der Waals surface area contributed by atoms with Crippen molar-refractivity contribution < 1.29 is 24.0 Å². The number of hydrogen-bond acceptors (Lipinski definition) is 8. The molecule has 1 atom stereocenters. The third kappa shape index (κ3) is 6.48. The number of anilines is 2. The van der Waals surface area contributed by atoms with Crippen LogP contribution in [0.2, 0.25) is 0 Å². The van der Waals surface area contributed by atoms with Crippen LogP contribution in [0.25, 0.3) is 10.9 Å². The van der Waals surface area contributed by atoms with Crippen molar-refractivity contribution in [2.45, 2.75) is 96.2 Å². The first-order chi connectivity index (χ1) is 27.0. The average molecular weight is 754 g/mol. The molecule has 4 amide bonds. The van der Waals surface area contributed by atoms with Gasteiger partial charge in [-0.3, -0.25) is 29.3 Å². The van der Waals surface area contributed by atoms with Gasteiger partial charge in [0, 0.05) is 95.1 Å². The zero-order valence-corrected chi connectivity index (χ0v) is 32.1. The van der Waals surface area contributed by atoms with E-state index < -0.39 is 17.4 Å². The van der Waals surface area contributed by atoms with Crippen LogP contribution < -0.4 is 20.9 Å². The summed E-state index contributed by atoms with van der Waals surface area (Å²) in [4.78, 5) is 71.7. The number of unbranched alkanes of at least 4 members (excludes halogenated alkanes) is 1. The average Bonchev–Trinajstić information content (AvgIpc) is 3.75. The van der Waals surface area contributed by atoms with E-state index in [2.05, 4.69) is 64.8 Å². The summed E-state index contributed by atoms with van der Waals surface area (Å²) in [6.45, 7) is 8.98. The number of H-pyrrole nitrogens is 1. The molecule has 3 aromatic carbocycles. The molecule has 56 heavy (non-hydrogen) atoms. The summed E-state index contributed by atoms with van der Waals surface area (Å²) in [5.41, 5.74) is 8.77. The first-order valence-electron chi connectivity index (χ1n) is 19.8. The molecule has 4 N–H and O–H groups in total. The number of nitriles is 1. The number of piperidine rings is 2. The highest BCUT2D eigenvalue weighted by atomic mass is 16.2. The molecular formula is C44H47N7O5. The molecule has 288 valence electrons. The van der Waals surface area contributed by atoms with Crippen LogP contribution in [0.4, 0.5) is 11.4 Å². The van der Waals surface area contributed by atoms with Gasteiger partial charge in [-0.2, -0.15) is 5.26 Å². The summed E-state index contributed by atoms with van der Waals surface area (Å²) in [6.07, 6.45) is 4.92. The number of nitrogens with zero attached hydrogens (tertiary/aromatic N) is 3. The zero-order valence-electron chi connectivity index (χ0n) is 32.1. The molecule has 1 aromatic heterocycles. The van der Waals surface area contributed by atoms with Gasteiger partial charge in [-0.25, -0.2) is 0 Å². The lowest BCUT2D eigenvalue weighted by Gasteiger charge is -2.38. The highest BCUT2D eigenvalue weighted by Gasteiger charge is 2.42. The van der Waals surface area contributed by atoms with Crippen molar-refractivity contribution in [2.24, 2.45) is 0 Å². The fourth-order valence-corrected chi connectivity index (χ4v) is 9.11. The summed E-state index contributed by atoms with van der Waals surface area (Å²) in [7, 11) is 0. The van der Waals surface area contributed by atoms with Crippen LogP contribution in [0.1, 0.15) is 120 Å². The Morgan fingerprint density at radius 3 is 2.55 bits per heavy atom. The van der Waals surface area contributed by atoms with E-state index in [9.17, 15) is 29.2 Å². The Morgan fingerprint density at radius 2 is 1.80 bits per heavy atom. The standard InChI is InChI=1S/C44H47N7O5/c1-4-26-21-30-32(44(2,3)41-39(40(30)54)29-12-11-25(23-45)20-34(29)48-41)22-36(26)50-18-15-27(16-19-50)47-37(52)10-5-6-17-46-33-9-7-8-28-31(33)24-51(43(28)56)35-13-14-38(53)49-42(35)55/h7-9,11-12,20-22,27,35,46,48H,4-6,10,13-19,24H2,1-3H3,(H,47,52)(H,49,53,55). The number of hydrogen-bond donors (Lipinski definition) is 4. The van der Waals surface area contributed by atoms with E-state index in [4.69, 9.17) is 0 Å². The van der Waals surface area contributed by atoms with Gasteiger partial charge in [-0.05, 0) is 86.1 Å². The second kappa shape index (κ2) is 14.6. The van der Waals surface area contributed by atoms with Gasteiger partial charge in [0.05, 0.1) is 17.2 Å². The lowest BCUT2D eigenvalue weighted by Crippen LogP contribution is -2.52. The Labute approximate surface area is 326 Å². The molecule has 1 unspecified atom stereocenters. The van der Waals surface area contributed by atoms with E-state index in [1.807, 2.05) is 24.3 Å². The molecular weight excluding hydrogens is 707 g/mol. The minimum absolute atomic E-state index is 0.0159. The van der Waals surface area contributed by atoms with Crippen LogP contribution in [0, 0.1) is 11.3 Å². The first-order valence-corrected chi connectivity index (χ1v) is 19.8. The smallest absolute Gasteiger partial charge is 0.255 e. The third-order valence-electron chi connectivity index (χ3n) is 12.2. The molecule has 3 aliphatic heterocycles. The number of fused-ring (bicyclic) bond motifs is 5. The van der Waals surface area contributed by atoms with Gasteiger partial charge < -0.3 is 25.4 Å². The van der Waals surface area contributed by atoms with Crippen molar-refractivity contribution in [3.8, 4) is 6.07 Å². The van der Waals surface area contributed by atoms with Gasteiger partial charge in [0.25, 0.3) is 5.91 Å². The minimum Gasteiger partial charge on any atom is -0.385 e. The minimum atomic E-state index is -0.653. The second-order valence-electron chi connectivity index (χ2n) is 16.0. The summed E-state index contributed by atoms with van der Waals surface area (Å²) in [6, 6.07) is 16.9. The molecule has 2 fully saturated rings. The number of imide groups is 1. The van der Waals surface area contributed by atoms with Crippen LogP contribution in [0.3, 0.4) is 0 Å². The highest BCUT2D eigenvalue weighted by molar-refractivity contribution is 6.20. The highest BCUT2D eigenvalue weighted by Crippen LogP contribution is 2.46. The summed E-state index contributed by atoms with van der Waals surface area (Å²) < 4.78 is 0. The van der Waals surface area contributed by atoms with Crippen molar-refractivity contribution in [3.63, 3.8) is 0 Å². The van der Waals surface area contributed by atoms with E-state index in [0.717, 1.165) is 95.4 Å². The molecule has 12 heteroatoms. The van der Waals surface area contributed by atoms with Gasteiger partial charge in [-0.1, -0.05) is 32.9 Å². The number of nitrogens with one attached hydrogen (secondary N) is 4. The number of aromatic amines is 1. The van der Waals surface area contributed by atoms with Gasteiger partial charge in [0.15, 0.2) is 5.78 Å². The van der Waals surface area contributed by atoms with Gasteiger partial charge in [0.1, 0.15) is 6.04 Å². The fourth-order valence-electron chi connectivity index (χ4n) is 9.11. The number of aryl methyl sites for hydroxylation is 1. The predicted octanol–water partition coefficient (Wildman–Crippen LogP) is 5.60. The Kier molecular flexibility index (Phi) is 9.64. The molecule has 0 radical (unpaired) electrons. The summed E-state index contributed by atoms with van der Waals surface area (Å²) in [5.74, 6) is -0.863. The van der Waals surface area contributed by atoms with Crippen LogP contribution in [-0.4, -0.2) is 71.0 Å². The molecule has 4 heterocycles. The second-order valence-corrected chi connectivity index (χ2v) is 16.0. The normalized spacial score (nSPS) is 19.0. The summed E-state index contributed by atoms with van der Waals surface area (Å²) in [5, 5.41) is 19.3. The molecule has 0 bridgehead atoms. The van der Waals surface area contributed by atoms with E-state index >= 15 is 0 Å². The van der Waals surface area contributed by atoms with Gasteiger partial charge in [0.2, 0.25) is 17.7 Å². The van der Waals surface area contributed by atoms with Gasteiger partial charge in [-0.15, -0.1) is 0 Å².